The van der Waals surface area contributed by atoms with Gasteiger partial charge in [0.25, 0.3) is 0 Å². The van der Waals surface area contributed by atoms with Gasteiger partial charge in [0.1, 0.15) is 0 Å². The van der Waals surface area contributed by atoms with Crippen molar-refractivity contribution in [3.63, 3.8) is 0 Å². The Morgan fingerprint density at radius 2 is 1.90 bits per heavy atom. The molecule has 0 radical (unpaired) electrons. The second-order valence-electron chi connectivity index (χ2n) is 5.93. The fraction of sp³-hybridized carbons (Fsp3) is 0.600. The summed E-state index contributed by atoms with van der Waals surface area (Å²) in [6.45, 7) is 1.05. The summed E-state index contributed by atoms with van der Waals surface area (Å²) in [4.78, 5) is 0. The van der Waals surface area contributed by atoms with Gasteiger partial charge in [-0.2, -0.15) is 0 Å². The summed E-state index contributed by atoms with van der Waals surface area (Å²) < 4.78 is 34.4. The first-order valence-corrected chi connectivity index (χ1v) is 9.72. The first-order valence-electron chi connectivity index (χ1n) is 7.38. The van der Waals surface area contributed by atoms with Crippen molar-refractivity contribution >= 4 is 26.0 Å². The molecule has 1 saturated heterocycles. The summed E-state index contributed by atoms with van der Waals surface area (Å²) in [5.41, 5.74) is 1.15. The molecule has 1 N–H and O–H groups in total. The van der Waals surface area contributed by atoms with Crippen LogP contribution in [-0.2, 0) is 21.2 Å². The number of rotatable bonds is 5. The minimum Gasteiger partial charge on any atom is -0.381 e. The van der Waals surface area contributed by atoms with E-state index in [1.54, 1.807) is 0 Å². The standard InChI is InChI=1S/C15H20BrNO3S/c16-13-3-1-11(2-4-13)9-12-10-20-8-7-15(12)21(18,19)17-14-5-6-14/h1-4,12,14-15,17H,5-10H2/t12-,15+/m0/s1. The number of nitrogens with one attached hydrogen (secondary N) is 1. The molecule has 116 valence electrons. The molecule has 2 atom stereocenters. The second kappa shape index (κ2) is 6.36. The van der Waals surface area contributed by atoms with Crippen LogP contribution < -0.4 is 4.72 Å². The molecular weight excluding hydrogens is 354 g/mol. The quantitative estimate of drug-likeness (QED) is 0.862. The van der Waals surface area contributed by atoms with Crippen LogP contribution in [-0.4, -0.2) is 32.9 Å². The molecule has 0 amide bonds. The Hall–Kier alpha value is -0.430. The third-order valence-electron chi connectivity index (χ3n) is 4.12. The molecular formula is C15H20BrNO3S. The van der Waals surface area contributed by atoms with Crippen LogP contribution in [0.2, 0.25) is 0 Å². The van der Waals surface area contributed by atoms with E-state index >= 15 is 0 Å². The van der Waals surface area contributed by atoms with Crippen LogP contribution in [0.3, 0.4) is 0 Å². The summed E-state index contributed by atoms with van der Waals surface area (Å²) in [7, 11) is -3.24. The van der Waals surface area contributed by atoms with Crippen molar-refractivity contribution in [3.8, 4) is 0 Å². The molecule has 1 saturated carbocycles. The van der Waals surface area contributed by atoms with Gasteiger partial charge >= 0.3 is 0 Å². The SMILES string of the molecule is O=S(=O)(NC1CC1)[C@@H]1CCOC[C@@H]1Cc1ccc(Br)cc1. The van der Waals surface area contributed by atoms with Crippen LogP contribution in [0.5, 0.6) is 0 Å². The van der Waals surface area contributed by atoms with Gasteiger partial charge in [-0.3, -0.25) is 0 Å². The summed E-state index contributed by atoms with van der Waals surface area (Å²) in [6, 6.07) is 8.23. The third kappa shape index (κ3) is 4.06. The van der Waals surface area contributed by atoms with E-state index in [-0.39, 0.29) is 17.2 Å². The van der Waals surface area contributed by atoms with Gasteiger partial charge in [-0.1, -0.05) is 28.1 Å². The Kier molecular flexibility index (Phi) is 4.69. The fourth-order valence-corrected chi connectivity index (χ4v) is 5.05. The number of hydrogen-bond donors (Lipinski definition) is 1. The third-order valence-corrected chi connectivity index (χ3v) is 6.73. The minimum atomic E-state index is -3.24. The largest absolute Gasteiger partial charge is 0.381 e. The molecule has 2 aliphatic rings. The Morgan fingerprint density at radius 3 is 2.57 bits per heavy atom. The zero-order valence-electron chi connectivity index (χ0n) is 11.8. The van der Waals surface area contributed by atoms with E-state index in [0.717, 1.165) is 29.3 Å². The summed E-state index contributed by atoms with van der Waals surface area (Å²) in [5, 5.41) is -0.338. The summed E-state index contributed by atoms with van der Waals surface area (Å²) in [5.74, 6) is 0.0242. The Balaban J connectivity index is 1.72. The fourth-order valence-electron chi connectivity index (χ4n) is 2.82. The van der Waals surface area contributed by atoms with Crippen molar-refractivity contribution in [3.05, 3.63) is 34.3 Å². The highest BCUT2D eigenvalue weighted by Crippen LogP contribution is 2.28. The van der Waals surface area contributed by atoms with Gasteiger partial charge in [-0.25, -0.2) is 13.1 Å². The molecule has 21 heavy (non-hydrogen) atoms. The van der Waals surface area contributed by atoms with E-state index in [2.05, 4.69) is 20.7 Å². The van der Waals surface area contributed by atoms with Crippen LogP contribution in [0.4, 0.5) is 0 Å². The molecule has 1 aliphatic heterocycles. The molecule has 0 aromatic heterocycles. The van der Waals surface area contributed by atoms with E-state index in [1.807, 2.05) is 24.3 Å². The smallest absolute Gasteiger partial charge is 0.215 e. The molecule has 1 aliphatic carbocycles. The average molecular weight is 374 g/mol. The van der Waals surface area contributed by atoms with Crippen LogP contribution in [0.25, 0.3) is 0 Å². The van der Waals surface area contributed by atoms with Crippen molar-refractivity contribution in [2.45, 2.75) is 37.0 Å². The van der Waals surface area contributed by atoms with Gasteiger partial charge in [0.15, 0.2) is 0 Å². The van der Waals surface area contributed by atoms with E-state index < -0.39 is 10.0 Å². The van der Waals surface area contributed by atoms with Crippen molar-refractivity contribution < 1.29 is 13.2 Å². The first-order chi connectivity index (χ1) is 10.0. The van der Waals surface area contributed by atoms with E-state index in [4.69, 9.17) is 4.74 Å². The predicted octanol–water partition coefficient (Wildman–Crippen LogP) is 2.48. The van der Waals surface area contributed by atoms with Crippen molar-refractivity contribution in [1.82, 2.24) is 4.72 Å². The molecule has 0 bridgehead atoms. The number of hydrogen-bond acceptors (Lipinski definition) is 3. The average Bonchev–Trinajstić information content (AvgIpc) is 3.25. The zero-order valence-corrected chi connectivity index (χ0v) is 14.2. The normalized spacial score (nSPS) is 26.7. The van der Waals surface area contributed by atoms with Crippen molar-refractivity contribution in [2.75, 3.05) is 13.2 Å². The lowest BCUT2D eigenvalue weighted by atomic mass is 9.94. The zero-order chi connectivity index (χ0) is 14.9. The maximum atomic E-state index is 12.5. The molecule has 1 heterocycles. The van der Waals surface area contributed by atoms with Crippen molar-refractivity contribution in [2.24, 2.45) is 5.92 Å². The molecule has 3 rings (SSSR count). The van der Waals surface area contributed by atoms with Gasteiger partial charge in [-0.15, -0.1) is 0 Å². The predicted molar refractivity (Wildman–Crippen MR) is 85.6 cm³/mol. The first kappa shape index (κ1) is 15.5. The van der Waals surface area contributed by atoms with E-state index in [9.17, 15) is 8.42 Å². The molecule has 1 aromatic rings. The molecule has 0 unspecified atom stereocenters. The lowest BCUT2D eigenvalue weighted by Gasteiger charge is -2.31. The second-order valence-corrected chi connectivity index (χ2v) is 8.78. The van der Waals surface area contributed by atoms with Crippen LogP contribution in [0.1, 0.15) is 24.8 Å². The molecule has 2 fully saturated rings. The topological polar surface area (TPSA) is 55.4 Å². The van der Waals surface area contributed by atoms with E-state index in [1.165, 1.54) is 0 Å². The number of benzene rings is 1. The van der Waals surface area contributed by atoms with Crippen molar-refractivity contribution in [1.29, 1.82) is 0 Å². The Labute approximate surface area is 134 Å². The van der Waals surface area contributed by atoms with Gasteiger partial charge < -0.3 is 4.74 Å². The van der Waals surface area contributed by atoms with Gasteiger partial charge in [0, 0.05) is 23.0 Å². The highest BCUT2D eigenvalue weighted by atomic mass is 79.9. The summed E-state index contributed by atoms with van der Waals surface area (Å²) in [6.07, 6.45) is 3.27. The monoisotopic (exact) mass is 373 g/mol. The van der Waals surface area contributed by atoms with E-state index in [0.29, 0.717) is 19.6 Å². The highest BCUT2D eigenvalue weighted by molar-refractivity contribution is 9.10. The van der Waals surface area contributed by atoms with Gasteiger partial charge in [0.05, 0.1) is 11.9 Å². The molecule has 1 aromatic carbocycles. The number of ether oxygens (including phenoxy) is 1. The maximum Gasteiger partial charge on any atom is 0.215 e. The maximum absolute atomic E-state index is 12.5. The Morgan fingerprint density at radius 1 is 1.19 bits per heavy atom. The highest BCUT2D eigenvalue weighted by Gasteiger charge is 2.39. The van der Waals surface area contributed by atoms with Crippen LogP contribution >= 0.6 is 15.9 Å². The Bertz CT molecular complexity index is 583. The van der Waals surface area contributed by atoms with Crippen LogP contribution in [0, 0.1) is 5.92 Å². The summed E-state index contributed by atoms with van der Waals surface area (Å²) >= 11 is 3.42. The minimum absolute atomic E-state index is 0.0242. The number of sulfonamides is 1. The molecule has 6 heteroatoms. The van der Waals surface area contributed by atoms with Gasteiger partial charge in [-0.05, 0) is 43.4 Å². The van der Waals surface area contributed by atoms with Gasteiger partial charge in [0.2, 0.25) is 10.0 Å². The molecule has 4 nitrogen and oxygen atoms in total. The van der Waals surface area contributed by atoms with Crippen LogP contribution in [0.15, 0.2) is 28.7 Å². The molecule has 0 spiro atoms. The number of halogens is 1. The lowest BCUT2D eigenvalue weighted by molar-refractivity contribution is 0.0570. The lowest BCUT2D eigenvalue weighted by Crippen LogP contribution is -2.45.